The second-order valence-corrected chi connectivity index (χ2v) is 6.59. The molecule has 0 bridgehead atoms. The van der Waals surface area contributed by atoms with Gasteiger partial charge in [-0.05, 0) is 31.5 Å². The summed E-state index contributed by atoms with van der Waals surface area (Å²) in [6, 6.07) is 11.8. The molecule has 5 heteroatoms. The summed E-state index contributed by atoms with van der Waals surface area (Å²) in [6.45, 7) is 5.06. The Morgan fingerprint density at radius 3 is 2.56 bits per heavy atom. The smallest absolute Gasteiger partial charge is 0.225 e. The van der Waals surface area contributed by atoms with Gasteiger partial charge >= 0.3 is 0 Å². The van der Waals surface area contributed by atoms with Gasteiger partial charge in [-0.25, -0.2) is 0 Å². The lowest BCUT2D eigenvalue weighted by Gasteiger charge is -2.30. The summed E-state index contributed by atoms with van der Waals surface area (Å²) in [5, 5.41) is 2.95. The average Bonchev–Trinajstić information content (AvgIpc) is 2.59. The highest BCUT2D eigenvalue weighted by atomic mass is 16.6. The zero-order chi connectivity index (χ0) is 17.4. The molecule has 2 aromatic rings. The standard InChI is InChI=1S/C20H21NO4/c1-12(2)25-17-6-4-3-5-13(17)14-10-20(22)21-16-11-19-18(9-15(14)16)23-7-8-24-19/h3-6,9,11-12,14H,7-8,10H2,1-2H3,(H,21,22)/t14-/m1/s1. The van der Waals surface area contributed by atoms with E-state index in [1.54, 1.807) is 0 Å². The monoisotopic (exact) mass is 339 g/mol. The van der Waals surface area contributed by atoms with E-state index in [0.29, 0.717) is 25.4 Å². The fourth-order valence-electron chi connectivity index (χ4n) is 3.40. The van der Waals surface area contributed by atoms with Crippen LogP contribution in [0.5, 0.6) is 17.2 Å². The minimum absolute atomic E-state index is 0.00599. The molecule has 25 heavy (non-hydrogen) atoms. The van der Waals surface area contributed by atoms with Crippen LogP contribution in [0, 0.1) is 0 Å². The minimum atomic E-state index is -0.0745. The van der Waals surface area contributed by atoms with Crippen molar-refractivity contribution in [1.82, 2.24) is 0 Å². The van der Waals surface area contributed by atoms with E-state index < -0.39 is 0 Å². The molecule has 0 fully saturated rings. The molecule has 1 N–H and O–H groups in total. The van der Waals surface area contributed by atoms with Crippen molar-refractivity contribution in [2.75, 3.05) is 18.5 Å². The van der Waals surface area contributed by atoms with E-state index in [1.165, 1.54) is 0 Å². The summed E-state index contributed by atoms with van der Waals surface area (Å²) in [4.78, 5) is 12.3. The number of para-hydroxylation sites is 1. The van der Waals surface area contributed by atoms with Crippen LogP contribution in [0.3, 0.4) is 0 Å². The Balaban J connectivity index is 1.81. The Bertz CT molecular complexity index is 815. The average molecular weight is 339 g/mol. The van der Waals surface area contributed by atoms with Crippen LogP contribution in [0.4, 0.5) is 5.69 Å². The van der Waals surface area contributed by atoms with Crippen molar-refractivity contribution in [2.24, 2.45) is 0 Å². The number of nitrogens with one attached hydrogen (secondary N) is 1. The van der Waals surface area contributed by atoms with Crippen LogP contribution in [-0.2, 0) is 4.79 Å². The van der Waals surface area contributed by atoms with Gasteiger partial charge in [-0.1, -0.05) is 18.2 Å². The molecule has 1 atom stereocenters. The number of amides is 1. The van der Waals surface area contributed by atoms with E-state index in [9.17, 15) is 4.79 Å². The predicted octanol–water partition coefficient (Wildman–Crippen LogP) is 3.72. The van der Waals surface area contributed by atoms with Crippen molar-refractivity contribution >= 4 is 11.6 Å². The highest BCUT2D eigenvalue weighted by molar-refractivity contribution is 5.96. The molecule has 130 valence electrons. The fraction of sp³-hybridized carbons (Fsp3) is 0.350. The largest absolute Gasteiger partial charge is 0.491 e. The number of rotatable bonds is 3. The predicted molar refractivity (Wildman–Crippen MR) is 94.7 cm³/mol. The van der Waals surface area contributed by atoms with E-state index in [4.69, 9.17) is 14.2 Å². The minimum Gasteiger partial charge on any atom is -0.491 e. The molecule has 2 aromatic carbocycles. The van der Waals surface area contributed by atoms with E-state index >= 15 is 0 Å². The van der Waals surface area contributed by atoms with Gasteiger partial charge in [0, 0.05) is 29.7 Å². The third kappa shape index (κ3) is 3.02. The summed E-state index contributed by atoms with van der Waals surface area (Å²) < 4.78 is 17.3. The highest BCUT2D eigenvalue weighted by Gasteiger charge is 2.31. The first-order chi connectivity index (χ1) is 12.1. The topological polar surface area (TPSA) is 56.8 Å². The maximum Gasteiger partial charge on any atom is 0.225 e. The quantitative estimate of drug-likeness (QED) is 0.926. The maximum atomic E-state index is 12.3. The van der Waals surface area contributed by atoms with Crippen molar-refractivity contribution < 1.29 is 19.0 Å². The number of ether oxygens (including phenoxy) is 3. The van der Waals surface area contributed by atoms with Crippen LogP contribution in [-0.4, -0.2) is 25.2 Å². The van der Waals surface area contributed by atoms with Crippen LogP contribution in [0.1, 0.15) is 37.3 Å². The lowest BCUT2D eigenvalue weighted by Crippen LogP contribution is -2.25. The molecule has 2 aliphatic rings. The van der Waals surface area contributed by atoms with Gasteiger partial charge in [0.1, 0.15) is 19.0 Å². The molecule has 0 saturated heterocycles. The van der Waals surface area contributed by atoms with Crippen molar-refractivity contribution in [3.8, 4) is 17.2 Å². The Labute approximate surface area is 146 Å². The van der Waals surface area contributed by atoms with E-state index in [0.717, 1.165) is 28.3 Å². The summed E-state index contributed by atoms with van der Waals surface area (Å²) in [5.74, 6) is 2.15. The number of anilines is 1. The van der Waals surface area contributed by atoms with E-state index in [1.807, 2.05) is 50.2 Å². The number of fused-ring (bicyclic) bond motifs is 2. The molecular formula is C20H21NO4. The first kappa shape index (κ1) is 15.8. The van der Waals surface area contributed by atoms with Crippen LogP contribution in [0.25, 0.3) is 0 Å². The van der Waals surface area contributed by atoms with Crippen molar-refractivity contribution in [2.45, 2.75) is 32.3 Å². The maximum absolute atomic E-state index is 12.3. The first-order valence-electron chi connectivity index (χ1n) is 8.61. The van der Waals surface area contributed by atoms with Crippen LogP contribution >= 0.6 is 0 Å². The van der Waals surface area contributed by atoms with Gasteiger partial charge in [0.2, 0.25) is 5.91 Å². The van der Waals surface area contributed by atoms with Gasteiger partial charge in [-0.2, -0.15) is 0 Å². The summed E-state index contributed by atoms with van der Waals surface area (Å²) in [6.07, 6.45) is 0.448. The second kappa shape index (κ2) is 6.31. The second-order valence-electron chi connectivity index (χ2n) is 6.59. The van der Waals surface area contributed by atoms with Crippen LogP contribution in [0.15, 0.2) is 36.4 Å². The zero-order valence-corrected chi connectivity index (χ0v) is 14.4. The van der Waals surface area contributed by atoms with Crippen molar-refractivity contribution in [1.29, 1.82) is 0 Å². The molecule has 2 heterocycles. The molecule has 0 saturated carbocycles. The highest BCUT2D eigenvalue weighted by Crippen LogP contribution is 2.45. The van der Waals surface area contributed by atoms with Crippen molar-refractivity contribution in [3.63, 3.8) is 0 Å². The van der Waals surface area contributed by atoms with Gasteiger partial charge in [0.05, 0.1) is 6.10 Å². The normalized spacial score (nSPS) is 18.5. The lowest BCUT2D eigenvalue weighted by molar-refractivity contribution is -0.116. The Morgan fingerprint density at radius 1 is 1.08 bits per heavy atom. The Kier molecular flexibility index (Phi) is 3.99. The van der Waals surface area contributed by atoms with Gasteiger partial charge in [0.15, 0.2) is 11.5 Å². The Morgan fingerprint density at radius 2 is 1.80 bits per heavy atom. The van der Waals surface area contributed by atoms with Crippen LogP contribution in [0.2, 0.25) is 0 Å². The molecular weight excluding hydrogens is 318 g/mol. The molecule has 2 aliphatic heterocycles. The third-order valence-electron chi connectivity index (χ3n) is 4.41. The third-order valence-corrected chi connectivity index (χ3v) is 4.41. The molecule has 0 radical (unpaired) electrons. The summed E-state index contributed by atoms with van der Waals surface area (Å²) >= 11 is 0. The van der Waals surface area contributed by atoms with Crippen molar-refractivity contribution in [3.05, 3.63) is 47.5 Å². The molecule has 0 aromatic heterocycles. The molecule has 1 amide bonds. The summed E-state index contributed by atoms with van der Waals surface area (Å²) in [5.41, 5.74) is 2.83. The van der Waals surface area contributed by atoms with Gasteiger partial charge in [0.25, 0.3) is 0 Å². The van der Waals surface area contributed by atoms with Crippen LogP contribution < -0.4 is 19.5 Å². The van der Waals surface area contributed by atoms with Gasteiger partial charge in [-0.3, -0.25) is 4.79 Å². The number of benzene rings is 2. The Hall–Kier alpha value is -2.69. The number of carbonyl (C=O) groups excluding carboxylic acids is 1. The summed E-state index contributed by atoms with van der Waals surface area (Å²) in [7, 11) is 0. The number of hydrogen-bond donors (Lipinski definition) is 1. The molecule has 0 unspecified atom stereocenters. The molecule has 4 rings (SSSR count). The van der Waals surface area contributed by atoms with E-state index in [2.05, 4.69) is 5.32 Å². The lowest BCUT2D eigenvalue weighted by atomic mass is 9.84. The first-order valence-corrected chi connectivity index (χ1v) is 8.61. The number of hydrogen-bond acceptors (Lipinski definition) is 4. The number of carbonyl (C=O) groups is 1. The molecule has 0 spiro atoms. The van der Waals surface area contributed by atoms with Gasteiger partial charge in [-0.15, -0.1) is 0 Å². The molecule has 0 aliphatic carbocycles. The fourth-order valence-corrected chi connectivity index (χ4v) is 3.40. The van der Waals surface area contributed by atoms with Gasteiger partial charge < -0.3 is 19.5 Å². The van der Waals surface area contributed by atoms with E-state index in [-0.39, 0.29) is 17.9 Å². The SMILES string of the molecule is CC(C)Oc1ccccc1[C@H]1CC(=O)Nc2cc3c(cc21)OCCO3. The molecule has 5 nitrogen and oxygen atoms in total. The zero-order valence-electron chi connectivity index (χ0n) is 14.4.